The molecule has 1 aliphatic heterocycles. The van der Waals surface area contributed by atoms with Crippen molar-refractivity contribution < 1.29 is 4.79 Å². The summed E-state index contributed by atoms with van der Waals surface area (Å²) in [6.45, 7) is 0. The van der Waals surface area contributed by atoms with Gasteiger partial charge in [0.2, 0.25) is 0 Å². The van der Waals surface area contributed by atoms with Crippen LogP contribution in [0.2, 0.25) is 0 Å². The fourth-order valence-corrected chi connectivity index (χ4v) is 1.24. The summed E-state index contributed by atoms with van der Waals surface area (Å²) in [6, 6.07) is 0. The van der Waals surface area contributed by atoms with Crippen molar-refractivity contribution in [3.63, 3.8) is 0 Å². The normalized spacial score (nSPS) is 17.3. The van der Waals surface area contributed by atoms with Crippen molar-refractivity contribution in [2.24, 2.45) is 10.7 Å². The lowest BCUT2D eigenvalue weighted by Crippen LogP contribution is -2.17. The number of halogens is 2. The zero-order valence-electron chi connectivity index (χ0n) is 6.05. The molecule has 0 radical (unpaired) electrons. The van der Waals surface area contributed by atoms with Crippen LogP contribution in [0.5, 0.6) is 0 Å². The second kappa shape index (κ2) is 3.74. The van der Waals surface area contributed by atoms with Crippen molar-refractivity contribution in [3.8, 4) is 0 Å². The van der Waals surface area contributed by atoms with Crippen LogP contribution >= 0.6 is 23.2 Å². The van der Waals surface area contributed by atoms with Gasteiger partial charge in [-0.3, -0.25) is 4.79 Å². The second-order valence-corrected chi connectivity index (χ2v) is 2.89. The molecule has 0 aromatic rings. The van der Waals surface area contributed by atoms with Gasteiger partial charge in [-0.2, -0.15) is 0 Å². The number of nitrogens with two attached hydrogens (primary N) is 1. The Labute approximate surface area is 79.5 Å². The number of carbonyl (C=O) groups is 1. The molecule has 0 saturated heterocycles. The smallest absolute Gasteiger partial charge is 0.251 e. The van der Waals surface area contributed by atoms with Crippen molar-refractivity contribution >= 4 is 34.3 Å². The highest BCUT2D eigenvalue weighted by atomic mass is 35.5. The van der Waals surface area contributed by atoms with E-state index in [4.69, 9.17) is 28.9 Å². The van der Waals surface area contributed by atoms with E-state index in [0.29, 0.717) is 6.42 Å². The minimum atomic E-state index is -0.594. The third-order valence-corrected chi connectivity index (χ3v) is 1.83. The quantitative estimate of drug-likeness (QED) is 0.648. The van der Waals surface area contributed by atoms with E-state index >= 15 is 0 Å². The molecule has 0 aromatic heterocycles. The summed E-state index contributed by atoms with van der Waals surface area (Å²) in [5.41, 5.74) is 5.25. The first-order valence-corrected chi connectivity index (χ1v) is 3.97. The molecule has 0 fully saturated rings. The van der Waals surface area contributed by atoms with E-state index < -0.39 is 5.91 Å². The first-order chi connectivity index (χ1) is 5.61. The highest BCUT2D eigenvalue weighted by Crippen LogP contribution is 2.15. The average molecular weight is 205 g/mol. The summed E-state index contributed by atoms with van der Waals surface area (Å²) in [4.78, 5) is 14.5. The van der Waals surface area contributed by atoms with E-state index in [1.807, 2.05) is 0 Å². The molecule has 0 aliphatic carbocycles. The third-order valence-electron chi connectivity index (χ3n) is 1.30. The Balaban J connectivity index is 3.01. The Kier molecular flexibility index (Phi) is 2.89. The van der Waals surface area contributed by atoms with Gasteiger partial charge in [0.15, 0.2) is 0 Å². The van der Waals surface area contributed by atoms with Gasteiger partial charge in [0.25, 0.3) is 5.91 Å². The maximum absolute atomic E-state index is 10.7. The zero-order valence-corrected chi connectivity index (χ0v) is 7.56. The van der Waals surface area contributed by atoms with Gasteiger partial charge < -0.3 is 5.73 Å². The van der Waals surface area contributed by atoms with Crippen LogP contribution in [0.3, 0.4) is 0 Å². The molecule has 2 N–H and O–H groups in total. The van der Waals surface area contributed by atoms with Crippen LogP contribution in [0.1, 0.15) is 6.42 Å². The lowest BCUT2D eigenvalue weighted by Gasteiger charge is -1.96. The zero-order chi connectivity index (χ0) is 9.14. The Morgan fingerprint density at radius 3 is 2.75 bits per heavy atom. The summed E-state index contributed by atoms with van der Waals surface area (Å²) in [5.74, 6) is -0.594. The molecule has 0 aromatic carbocycles. The van der Waals surface area contributed by atoms with Gasteiger partial charge >= 0.3 is 0 Å². The van der Waals surface area contributed by atoms with Crippen molar-refractivity contribution in [1.82, 2.24) is 0 Å². The molecule has 0 saturated carbocycles. The van der Waals surface area contributed by atoms with Crippen molar-refractivity contribution in [2.45, 2.75) is 6.42 Å². The number of allylic oxidation sites excluding steroid dienone is 2. The second-order valence-electron chi connectivity index (χ2n) is 2.15. The number of hydrogen-bond acceptors (Lipinski definition) is 2. The maximum atomic E-state index is 10.7. The number of nitrogens with zero attached hydrogens (tertiary/aromatic N) is 1. The summed E-state index contributed by atoms with van der Waals surface area (Å²) in [6.07, 6.45) is 3.74. The number of primary amides is 1. The lowest BCUT2D eigenvalue weighted by atomic mass is 10.2. The van der Waals surface area contributed by atoms with Crippen LogP contribution in [-0.2, 0) is 4.79 Å². The molecule has 12 heavy (non-hydrogen) atoms. The van der Waals surface area contributed by atoms with E-state index in [-0.39, 0.29) is 15.9 Å². The monoisotopic (exact) mass is 204 g/mol. The van der Waals surface area contributed by atoms with E-state index in [1.165, 1.54) is 0 Å². The van der Waals surface area contributed by atoms with Crippen molar-refractivity contribution in [1.29, 1.82) is 0 Å². The lowest BCUT2D eigenvalue weighted by molar-refractivity contribution is -0.114. The van der Waals surface area contributed by atoms with Gasteiger partial charge in [-0.25, -0.2) is 4.99 Å². The summed E-state index contributed by atoms with van der Waals surface area (Å²) in [5, 5.41) is 0.314. The van der Waals surface area contributed by atoms with Crippen LogP contribution in [0.25, 0.3) is 0 Å². The van der Waals surface area contributed by atoms with Crippen molar-refractivity contribution in [3.05, 3.63) is 22.9 Å². The topological polar surface area (TPSA) is 55.5 Å². The number of hydrogen-bond donors (Lipinski definition) is 1. The highest BCUT2D eigenvalue weighted by Gasteiger charge is 2.12. The molecular weight excluding hydrogens is 199 g/mol. The molecule has 5 heteroatoms. The summed E-state index contributed by atoms with van der Waals surface area (Å²) >= 11 is 11.2. The van der Waals surface area contributed by atoms with Gasteiger partial charge in [-0.15, -0.1) is 0 Å². The number of carbonyl (C=O) groups excluding carboxylic acids is 1. The Morgan fingerprint density at radius 1 is 1.50 bits per heavy atom. The minimum absolute atomic E-state index is 0.0428. The summed E-state index contributed by atoms with van der Waals surface area (Å²) < 4.78 is 0. The molecule has 0 spiro atoms. The van der Waals surface area contributed by atoms with E-state index in [1.54, 1.807) is 12.2 Å². The SMILES string of the molecule is NC(=O)C1=CCC=C(Cl)N=C1Cl. The van der Waals surface area contributed by atoms with Gasteiger partial charge in [-0.1, -0.05) is 29.3 Å². The molecular formula is C7H6Cl2N2O. The Morgan fingerprint density at radius 2 is 2.17 bits per heavy atom. The molecule has 0 atom stereocenters. The molecule has 64 valence electrons. The maximum Gasteiger partial charge on any atom is 0.251 e. The van der Waals surface area contributed by atoms with Crippen molar-refractivity contribution in [2.75, 3.05) is 0 Å². The largest absolute Gasteiger partial charge is 0.366 e. The standard InChI is InChI=1S/C7H6Cl2N2O/c8-5-3-1-2-4(7(10)12)6(9)11-5/h2-3H,1H2,(H2,10,12). The predicted octanol–water partition coefficient (Wildman–Crippen LogP) is 1.52. The van der Waals surface area contributed by atoms with E-state index in [2.05, 4.69) is 4.99 Å². The Hall–Kier alpha value is -0.800. The molecule has 1 rings (SSSR count). The molecule has 0 unspecified atom stereocenters. The van der Waals surface area contributed by atoms with Gasteiger partial charge in [0.05, 0.1) is 5.57 Å². The molecule has 1 heterocycles. The number of amides is 1. The van der Waals surface area contributed by atoms with Crippen LogP contribution < -0.4 is 5.73 Å². The Bertz CT molecular complexity index is 305. The molecule has 1 amide bonds. The van der Waals surface area contributed by atoms with Crippen LogP contribution in [-0.4, -0.2) is 11.1 Å². The average Bonchev–Trinajstić information content (AvgIpc) is 2.10. The predicted molar refractivity (Wildman–Crippen MR) is 49.1 cm³/mol. The van der Waals surface area contributed by atoms with Gasteiger partial charge in [0, 0.05) is 0 Å². The molecule has 0 bridgehead atoms. The summed E-state index contributed by atoms with van der Waals surface area (Å²) in [7, 11) is 0. The van der Waals surface area contributed by atoms with Gasteiger partial charge in [-0.05, 0) is 12.5 Å². The highest BCUT2D eigenvalue weighted by molar-refractivity contribution is 6.72. The van der Waals surface area contributed by atoms with E-state index in [9.17, 15) is 4.79 Å². The van der Waals surface area contributed by atoms with Crippen LogP contribution in [0, 0.1) is 0 Å². The minimum Gasteiger partial charge on any atom is -0.366 e. The molecule has 3 nitrogen and oxygen atoms in total. The third kappa shape index (κ3) is 2.09. The number of aliphatic imine (C=N–C) groups is 1. The molecule has 1 aliphatic rings. The fraction of sp³-hybridized carbons (Fsp3) is 0.143. The van der Waals surface area contributed by atoms with Gasteiger partial charge in [0.1, 0.15) is 10.3 Å². The van der Waals surface area contributed by atoms with Crippen LogP contribution in [0.4, 0.5) is 0 Å². The number of rotatable bonds is 1. The fourth-order valence-electron chi connectivity index (χ4n) is 0.760. The van der Waals surface area contributed by atoms with E-state index in [0.717, 1.165) is 0 Å². The van der Waals surface area contributed by atoms with Crippen LogP contribution in [0.15, 0.2) is 27.9 Å². The first-order valence-electron chi connectivity index (χ1n) is 3.21. The first kappa shape index (κ1) is 9.29.